The Morgan fingerprint density at radius 2 is 2.03 bits per heavy atom. The summed E-state index contributed by atoms with van der Waals surface area (Å²) in [6.07, 6.45) is 5.80. The van der Waals surface area contributed by atoms with Gasteiger partial charge in [-0.15, -0.1) is 0 Å². The van der Waals surface area contributed by atoms with Gasteiger partial charge in [0.1, 0.15) is 5.76 Å². The third kappa shape index (κ3) is 6.36. The van der Waals surface area contributed by atoms with Gasteiger partial charge >= 0.3 is 0 Å². The van der Waals surface area contributed by atoms with Crippen LogP contribution in [0.15, 0.2) is 45.9 Å². The second-order valence-electron chi connectivity index (χ2n) is 8.50. The van der Waals surface area contributed by atoms with Crippen LogP contribution in [0.2, 0.25) is 5.02 Å². The third-order valence-corrected chi connectivity index (χ3v) is 8.24. The van der Waals surface area contributed by atoms with Crippen LogP contribution in [0.1, 0.15) is 37.9 Å². The second kappa shape index (κ2) is 11.0. The highest BCUT2D eigenvalue weighted by atomic mass is 35.5. The minimum Gasteiger partial charge on any atom is -0.468 e. The standard InChI is InChI=1S/C23H30ClN3O5S/c24-21-8-7-20(33(29,30)27-10-1-2-11-27)15-22(21)25-23(28)9-12-26(16-18-5-3-13-31-18)17-19-6-4-14-32-19/h3,5,7-8,13,15,19H,1-2,4,6,9-12,14,16-17H2,(H,25,28). The number of furan rings is 1. The van der Waals surface area contributed by atoms with Crippen molar-refractivity contribution in [3.63, 3.8) is 0 Å². The van der Waals surface area contributed by atoms with Crippen molar-refractivity contribution < 1.29 is 22.4 Å². The molecule has 4 rings (SSSR count). The highest BCUT2D eigenvalue weighted by molar-refractivity contribution is 7.89. The minimum absolute atomic E-state index is 0.141. The summed E-state index contributed by atoms with van der Waals surface area (Å²) in [5.41, 5.74) is 0.304. The van der Waals surface area contributed by atoms with Crippen LogP contribution >= 0.6 is 11.6 Å². The predicted molar refractivity (Wildman–Crippen MR) is 126 cm³/mol. The fourth-order valence-corrected chi connectivity index (χ4v) is 5.95. The monoisotopic (exact) mass is 495 g/mol. The highest BCUT2D eigenvalue weighted by Gasteiger charge is 2.28. The lowest BCUT2D eigenvalue weighted by Gasteiger charge is -2.24. The lowest BCUT2D eigenvalue weighted by atomic mass is 10.2. The first kappa shape index (κ1) is 24.2. The summed E-state index contributed by atoms with van der Waals surface area (Å²) in [4.78, 5) is 15.0. The maximum atomic E-state index is 12.9. The molecule has 1 unspecified atom stereocenters. The molecule has 2 aliphatic rings. The number of amides is 1. The van der Waals surface area contributed by atoms with Gasteiger partial charge in [0.25, 0.3) is 0 Å². The van der Waals surface area contributed by atoms with Gasteiger partial charge in [-0.2, -0.15) is 4.31 Å². The summed E-state index contributed by atoms with van der Waals surface area (Å²) in [5, 5.41) is 3.09. The number of nitrogens with zero attached hydrogens (tertiary/aromatic N) is 2. The molecule has 1 amide bonds. The Hall–Kier alpha value is -1.91. The van der Waals surface area contributed by atoms with E-state index >= 15 is 0 Å². The van der Waals surface area contributed by atoms with Gasteiger partial charge in [-0.1, -0.05) is 11.6 Å². The van der Waals surface area contributed by atoms with E-state index in [9.17, 15) is 13.2 Å². The van der Waals surface area contributed by atoms with E-state index in [-0.39, 0.29) is 23.3 Å². The van der Waals surface area contributed by atoms with Crippen molar-refractivity contribution in [3.05, 3.63) is 47.4 Å². The van der Waals surface area contributed by atoms with E-state index in [2.05, 4.69) is 10.2 Å². The molecule has 1 N–H and O–H groups in total. The fourth-order valence-electron chi connectivity index (χ4n) is 4.24. The molecular formula is C23H30ClN3O5S. The van der Waals surface area contributed by atoms with Crippen molar-refractivity contribution in [1.82, 2.24) is 9.21 Å². The molecular weight excluding hydrogens is 466 g/mol. The smallest absolute Gasteiger partial charge is 0.243 e. The number of anilines is 1. The Balaban J connectivity index is 1.38. The third-order valence-electron chi connectivity index (χ3n) is 6.02. The molecule has 8 nitrogen and oxygen atoms in total. The number of carbonyl (C=O) groups excluding carboxylic acids is 1. The van der Waals surface area contributed by atoms with Gasteiger partial charge < -0.3 is 14.5 Å². The van der Waals surface area contributed by atoms with Gasteiger partial charge in [-0.05, 0) is 56.0 Å². The summed E-state index contributed by atoms with van der Waals surface area (Å²) in [7, 11) is -3.59. The number of hydrogen-bond acceptors (Lipinski definition) is 6. The molecule has 0 bridgehead atoms. The molecule has 1 atom stereocenters. The van der Waals surface area contributed by atoms with E-state index in [0.717, 1.165) is 44.6 Å². The van der Waals surface area contributed by atoms with Gasteiger partial charge in [0.2, 0.25) is 15.9 Å². The molecule has 2 saturated heterocycles. The number of benzene rings is 1. The zero-order valence-corrected chi connectivity index (χ0v) is 20.1. The van der Waals surface area contributed by atoms with Crippen LogP contribution in [0.25, 0.3) is 0 Å². The molecule has 1 aromatic carbocycles. The molecule has 2 aliphatic heterocycles. The van der Waals surface area contributed by atoms with Crippen LogP contribution in [0.4, 0.5) is 5.69 Å². The summed E-state index contributed by atoms with van der Waals surface area (Å²) < 4.78 is 38.4. The van der Waals surface area contributed by atoms with Crippen LogP contribution < -0.4 is 5.32 Å². The Morgan fingerprint density at radius 1 is 1.21 bits per heavy atom. The van der Waals surface area contributed by atoms with E-state index in [1.165, 1.54) is 22.5 Å². The Labute approximate surface area is 199 Å². The second-order valence-corrected chi connectivity index (χ2v) is 10.8. The SMILES string of the molecule is O=C(CCN(Cc1ccco1)CC1CCCO1)Nc1cc(S(=O)(=O)N2CCCC2)ccc1Cl. The number of hydrogen-bond donors (Lipinski definition) is 1. The van der Waals surface area contributed by atoms with Crippen LogP contribution in [-0.2, 0) is 26.1 Å². The van der Waals surface area contributed by atoms with Crippen molar-refractivity contribution in [2.24, 2.45) is 0 Å². The molecule has 180 valence electrons. The van der Waals surface area contributed by atoms with Gasteiger partial charge in [-0.3, -0.25) is 9.69 Å². The number of nitrogens with one attached hydrogen (secondary N) is 1. The average Bonchev–Trinajstić information content (AvgIpc) is 3.57. The van der Waals surface area contributed by atoms with E-state index in [0.29, 0.717) is 36.9 Å². The molecule has 10 heteroatoms. The van der Waals surface area contributed by atoms with E-state index in [4.69, 9.17) is 20.8 Å². The zero-order valence-electron chi connectivity index (χ0n) is 18.5. The quantitative estimate of drug-likeness (QED) is 0.540. The van der Waals surface area contributed by atoms with Crippen LogP contribution in [0.3, 0.4) is 0 Å². The summed E-state index contributed by atoms with van der Waals surface area (Å²) >= 11 is 6.26. The topological polar surface area (TPSA) is 92.1 Å². The molecule has 2 aromatic rings. The van der Waals surface area contributed by atoms with Crippen LogP contribution in [0, 0.1) is 0 Å². The number of rotatable bonds is 10. The van der Waals surface area contributed by atoms with Crippen LogP contribution in [0.5, 0.6) is 0 Å². The highest BCUT2D eigenvalue weighted by Crippen LogP contribution is 2.28. The number of halogens is 1. The first-order valence-electron chi connectivity index (χ1n) is 11.4. The predicted octanol–water partition coefficient (Wildman–Crippen LogP) is 3.73. The Kier molecular flexibility index (Phi) is 8.08. The summed E-state index contributed by atoms with van der Waals surface area (Å²) in [5.74, 6) is 0.598. The van der Waals surface area contributed by atoms with Gasteiger partial charge in [0.05, 0.1) is 34.5 Å². The van der Waals surface area contributed by atoms with E-state index in [1.807, 2.05) is 12.1 Å². The summed E-state index contributed by atoms with van der Waals surface area (Å²) in [6, 6.07) is 8.20. The Bertz CT molecular complexity index is 1030. The molecule has 33 heavy (non-hydrogen) atoms. The van der Waals surface area contributed by atoms with E-state index < -0.39 is 10.0 Å². The van der Waals surface area contributed by atoms with E-state index in [1.54, 1.807) is 6.26 Å². The lowest BCUT2D eigenvalue weighted by molar-refractivity contribution is -0.116. The van der Waals surface area contributed by atoms with Crippen molar-refractivity contribution in [2.45, 2.75) is 49.6 Å². The van der Waals surface area contributed by atoms with Gasteiger partial charge in [0.15, 0.2) is 0 Å². The number of carbonyl (C=O) groups is 1. The molecule has 0 spiro atoms. The largest absolute Gasteiger partial charge is 0.468 e. The normalized spacial score (nSPS) is 19.4. The molecule has 0 aliphatic carbocycles. The average molecular weight is 496 g/mol. The molecule has 0 saturated carbocycles. The lowest BCUT2D eigenvalue weighted by Crippen LogP contribution is -2.34. The van der Waals surface area contributed by atoms with Gasteiger partial charge in [0, 0.05) is 39.2 Å². The van der Waals surface area contributed by atoms with Crippen molar-refractivity contribution in [1.29, 1.82) is 0 Å². The maximum absolute atomic E-state index is 12.9. The van der Waals surface area contributed by atoms with Crippen LogP contribution in [-0.4, -0.2) is 62.4 Å². The molecule has 1 aromatic heterocycles. The molecule has 2 fully saturated rings. The maximum Gasteiger partial charge on any atom is 0.243 e. The first-order chi connectivity index (χ1) is 15.9. The first-order valence-corrected chi connectivity index (χ1v) is 13.2. The minimum atomic E-state index is -3.59. The van der Waals surface area contributed by atoms with Crippen molar-refractivity contribution >= 4 is 33.2 Å². The Morgan fingerprint density at radius 3 is 2.73 bits per heavy atom. The van der Waals surface area contributed by atoms with Crippen molar-refractivity contribution in [2.75, 3.05) is 38.1 Å². The van der Waals surface area contributed by atoms with Crippen molar-refractivity contribution in [3.8, 4) is 0 Å². The number of ether oxygens (including phenoxy) is 1. The molecule has 0 radical (unpaired) electrons. The zero-order chi connectivity index (χ0) is 23.3. The van der Waals surface area contributed by atoms with Gasteiger partial charge in [-0.25, -0.2) is 8.42 Å². The molecule has 3 heterocycles. The number of sulfonamides is 1. The summed E-state index contributed by atoms with van der Waals surface area (Å²) in [6.45, 7) is 3.62. The fraction of sp³-hybridized carbons (Fsp3) is 0.522.